The highest BCUT2D eigenvalue weighted by Crippen LogP contribution is 2.20. The van der Waals surface area contributed by atoms with Crippen LogP contribution < -0.4 is 10.6 Å². The van der Waals surface area contributed by atoms with E-state index in [1.165, 1.54) is 11.9 Å². The lowest BCUT2D eigenvalue weighted by atomic mass is 10.1. The smallest absolute Gasteiger partial charge is 0.214 e. The van der Waals surface area contributed by atoms with Crippen LogP contribution in [0, 0.1) is 6.92 Å². The summed E-state index contributed by atoms with van der Waals surface area (Å²) in [6.07, 6.45) is 3.26. The number of hydrogen-bond donors (Lipinski definition) is 2. The summed E-state index contributed by atoms with van der Waals surface area (Å²) in [4.78, 5) is 13.0. The fourth-order valence-electron chi connectivity index (χ4n) is 2.36. The molecule has 9 heteroatoms. The second kappa shape index (κ2) is 10.0. The van der Waals surface area contributed by atoms with Crippen molar-refractivity contribution in [2.45, 2.75) is 26.9 Å². The van der Waals surface area contributed by atoms with Crippen molar-refractivity contribution in [2.75, 3.05) is 6.54 Å². The predicted molar refractivity (Wildman–Crippen MR) is 115 cm³/mol. The first-order valence-corrected chi connectivity index (χ1v) is 8.52. The summed E-state index contributed by atoms with van der Waals surface area (Å²) in [5, 5.41) is 10.5. The van der Waals surface area contributed by atoms with E-state index in [-0.39, 0.29) is 24.0 Å². The molecule has 0 amide bonds. The molecule has 0 bridgehead atoms. The van der Waals surface area contributed by atoms with Crippen molar-refractivity contribution < 1.29 is 4.42 Å². The molecular weight excluding hydrogens is 457 g/mol. The molecule has 27 heavy (non-hydrogen) atoms. The summed E-state index contributed by atoms with van der Waals surface area (Å²) in [5.74, 6) is 2.82. The highest BCUT2D eigenvalue weighted by Gasteiger charge is 2.07. The molecule has 0 fully saturated rings. The molecule has 144 valence electrons. The number of hydrogen-bond acceptors (Lipinski definition) is 5. The molecule has 0 atom stereocenters. The zero-order valence-electron chi connectivity index (χ0n) is 15.6. The Morgan fingerprint density at radius 2 is 1.96 bits per heavy atom. The maximum Gasteiger partial charge on any atom is 0.214 e. The monoisotopic (exact) mass is 481 g/mol. The molecule has 2 heterocycles. The van der Waals surface area contributed by atoms with E-state index >= 15 is 0 Å². The Balaban J connectivity index is 0.00000261. The quantitative estimate of drug-likeness (QED) is 0.320. The van der Waals surface area contributed by atoms with Gasteiger partial charge in [-0.05, 0) is 13.8 Å². The van der Waals surface area contributed by atoms with Crippen molar-refractivity contribution in [3.63, 3.8) is 0 Å². The standard InChI is InChI=1S/C18H23N7O.HI/c1-4-19-18(21-10-16-23-12-24-25(16)3)22-11-17-20-9-15(26-17)14-7-5-13(2)6-8-14;/h5-9,12H,4,10-11H2,1-3H3,(H2,19,21,22);1H. The predicted octanol–water partition coefficient (Wildman–Crippen LogP) is 2.65. The number of benzene rings is 1. The van der Waals surface area contributed by atoms with E-state index in [0.717, 1.165) is 23.7 Å². The average molecular weight is 481 g/mol. The normalized spacial score (nSPS) is 11.1. The molecule has 0 spiro atoms. The van der Waals surface area contributed by atoms with Gasteiger partial charge in [0.05, 0.1) is 12.7 Å². The Bertz CT molecular complexity index is 870. The molecule has 1 aromatic carbocycles. The summed E-state index contributed by atoms with van der Waals surface area (Å²) in [6, 6.07) is 8.16. The number of nitrogens with one attached hydrogen (secondary N) is 2. The average Bonchev–Trinajstić information content (AvgIpc) is 3.27. The van der Waals surface area contributed by atoms with Crippen LogP contribution in [-0.4, -0.2) is 32.3 Å². The van der Waals surface area contributed by atoms with Crippen molar-refractivity contribution >= 4 is 29.9 Å². The van der Waals surface area contributed by atoms with Crippen molar-refractivity contribution in [2.24, 2.45) is 12.0 Å². The van der Waals surface area contributed by atoms with Gasteiger partial charge in [-0.2, -0.15) is 5.10 Å². The number of aromatic nitrogens is 4. The van der Waals surface area contributed by atoms with E-state index in [2.05, 4.69) is 49.7 Å². The fraction of sp³-hybridized carbons (Fsp3) is 0.333. The van der Waals surface area contributed by atoms with Crippen LogP contribution in [0.3, 0.4) is 0 Å². The lowest BCUT2D eigenvalue weighted by Crippen LogP contribution is -2.36. The largest absolute Gasteiger partial charge is 0.439 e. The maximum atomic E-state index is 5.82. The van der Waals surface area contributed by atoms with Gasteiger partial charge < -0.3 is 15.1 Å². The molecule has 2 aromatic heterocycles. The van der Waals surface area contributed by atoms with Crippen LogP contribution in [0.4, 0.5) is 0 Å². The Morgan fingerprint density at radius 3 is 2.63 bits per heavy atom. The number of rotatable bonds is 6. The van der Waals surface area contributed by atoms with Gasteiger partial charge in [0.1, 0.15) is 18.7 Å². The van der Waals surface area contributed by atoms with Gasteiger partial charge in [0.2, 0.25) is 5.89 Å². The van der Waals surface area contributed by atoms with Crippen molar-refractivity contribution in [3.05, 3.63) is 54.1 Å². The minimum Gasteiger partial charge on any atom is -0.439 e. The second-order valence-corrected chi connectivity index (χ2v) is 5.83. The molecule has 2 N–H and O–H groups in total. The molecule has 0 radical (unpaired) electrons. The van der Waals surface area contributed by atoms with Gasteiger partial charge in [0.25, 0.3) is 0 Å². The van der Waals surface area contributed by atoms with Crippen LogP contribution in [0.2, 0.25) is 0 Å². The first-order valence-electron chi connectivity index (χ1n) is 8.52. The van der Waals surface area contributed by atoms with E-state index in [1.54, 1.807) is 10.9 Å². The SMILES string of the molecule is CCNC(=NCc1ncnn1C)NCc1ncc(-c2ccc(C)cc2)o1.I. The van der Waals surface area contributed by atoms with Crippen LogP contribution >= 0.6 is 24.0 Å². The molecule has 0 saturated heterocycles. The van der Waals surface area contributed by atoms with E-state index in [4.69, 9.17) is 4.42 Å². The lowest BCUT2D eigenvalue weighted by molar-refractivity contribution is 0.497. The third-order valence-corrected chi connectivity index (χ3v) is 3.82. The number of halogens is 1. The van der Waals surface area contributed by atoms with Gasteiger partial charge in [0, 0.05) is 19.2 Å². The molecule has 0 aliphatic heterocycles. The Labute approximate surface area is 175 Å². The summed E-state index contributed by atoms with van der Waals surface area (Å²) in [5.41, 5.74) is 2.22. The molecule has 3 rings (SSSR count). The molecule has 0 aliphatic carbocycles. The van der Waals surface area contributed by atoms with Crippen molar-refractivity contribution in [3.8, 4) is 11.3 Å². The summed E-state index contributed by atoms with van der Waals surface area (Å²) in [6.45, 7) is 5.70. The minimum atomic E-state index is 0. The van der Waals surface area contributed by atoms with Crippen molar-refractivity contribution in [1.29, 1.82) is 0 Å². The van der Waals surface area contributed by atoms with E-state index in [9.17, 15) is 0 Å². The van der Waals surface area contributed by atoms with E-state index in [1.807, 2.05) is 26.1 Å². The van der Waals surface area contributed by atoms with Gasteiger partial charge in [-0.25, -0.2) is 15.0 Å². The van der Waals surface area contributed by atoms with E-state index < -0.39 is 0 Å². The van der Waals surface area contributed by atoms with Gasteiger partial charge in [0.15, 0.2) is 11.7 Å². The summed E-state index contributed by atoms with van der Waals surface area (Å²) >= 11 is 0. The zero-order chi connectivity index (χ0) is 18.4. The van der Waals surface area contributed by atoms with Gasteiger partial charge in [-0.15, -0.1) is 24.0 Å². The van der Waals surface area contributed by atoms with Crippen LogP contribution in [0.1, 0.15) is 24.2 Å². The van der Waals surface area contributed by atoms with Gasteiger partial charge in [-0.3, -0.25) is 4.68 Å². The Morgan fingerprint density at radius 1 is 1.19 bits per heavy atom. The number of oxazole rings is 1. The number of guanidine groups is 1. The Hall–Kier alpha value is -2.43. The summed E-state index contributed by atoms with van der Waals surface area (Å²) in [7, 11) is 1.84. The van der Waals surface area contributed by atoms with Crippen molar-refractivity contribution in [1.82, 2.24) is 30.4 Å². The number of nitrogens with zero attached hydrogens (tertiary/aromatic N) is 5. The van der Waals surface area contributed by atoms with Crippen LogP contribution in [0.5, 0.6) is 0 Å². The molecule has 0 unspecified atom stereocenters. The van der Waals surface area contributed by atoms with Crippen LogP contribution in [0.15, 0.2) is 46.2 Å². The van der Waals surface area contributed by atoms with Crippen LogP contribution in [-0.2, 0) is 20.1 Å². The van der Waals surface area contributed by atoms with E-state index in [0.29, 0.717) is 24.9 Å². The Kier molecular flexibility index (Phi) is 7.77. The molecular formula is C18H24IN7O. The maximum absolute atomic E-state index is 5.82. The number of aryl methyl sites for hydroxylation is 2. The fourth-order valence-corrected chi connectivity index (χ4v) is 2.36. The third-order valence-electron chi connectivity index (χ3n) is 3.82. The highest BCUT2D eigenvalue weighted by molar-refractivity contribution is 14.0. The van der Waals surface area contributed by atoms with Crippen LogP contribution in [0.25, 0.3) is 11.3 Å². The summed E-state index contributed by atoms with van der Waals surface area (Å²) < 4.78 is 7.53. The molecule has 0 saturated carbocycles. The molecule has 8 nitrogen and oxygen atoms in total. The third kappa shape index (κ3) is 5.78. The minimum absolute atomic E-state index is 0. The lowest BCUT2D eigenvalue weighted by Gasteiger charge is -2.09. The molecule has 3 aromatic rings. The second-order valence-electron chi connectivity index (χ2n) is 5.83. The zero-order valence-corrected chi connectivity index (χ0v) is 18.0. The molecule has 0 aliphatic rings. The van der Waals surface area contributed by atoms with Gasteiger partial charge in [-0.1, -0.05) is 29.8 Å². The highest BCUT2D eigenvalue weighted by atomic mass is 127. The first kappa shape index (κ1) is 20.9. The number of aliphatic imine (C=N–C) groups is 1. The topological polar surface area (TPSA) is 93.2 Å². The first-order chi connectivity index (χ1) is 12.7. The van der Waals surface area contributed by atoms with Gasteiger partial charge >= 0.3 is 0 Å².